The van der Waals surface area contributed by atoms with Gasteiger partial charge >= 0.3 is 5.97 Å². The lowest BCUT2D eigenvalue weighted by Crippen LogP contribution is -2.07. The van der Waals surface area contributed by atoms with Crippen molar-refractivity contribution in [1.82, 2.24) is 0 Å². The molecule has 0 unspecified atom stereocenters. The maximum Gasteiger partial charge on any atom is 0.307 e. The van der Waals surface area contributed by atoms with Crippen LogP contribution in [0.15, 0.2) is 0 Å². The molecule has 0 radical (unpaired) electrons. The predicted octanol–water partition coefficient (Wildman–Crippen LogP) is 0.603. The number of hydrogen-bond donors (Lipinski definition) is 0. The Morgan fingerprint density at radius 3 is 2.50 bits per heavy atom. The first-order chi connectivity index (χ1) is 5.81. The Morgan fingerprint density at radius 1 is 1.17 bits per heavy atom. The van der Waals surface area contributed by atoms with Gasteiger partial charge in [0.05, 0.1) is 20.1 Å². The van der Waals surface area contributed by atoms with E-state index in [0.717, 1.165) is 6.42 Å². The van der Waals surface area contributed by atoms with E-state index in [1.807, 2.05) is 0 Å². The van der Waals surface area contributed by atoms with E-state index in [9.17, 15) is 4.79 Å². The van der Waals surface area contributed by atoms with Crippen LogP contribution < -0.4 is 0 Å². The molecule has 4 heteroatoms. The molecule has 0 aliphatic rings. The third-order valence-electron chi connectivity index (χ3n) is 1.32. The van der Waals surface area contributed by atoms with Crippen LogP contribution in [0.2, 0.25) is 0 Å². The highest BCUT2D eigenvalue weighted by molar-refractivity contribution is 5.69. The van der Waals surface area contributed by atoms with Gasteiger partial charge in [0.15, 0.2) is 0 Å². The van der Waals surface area contributed by atoms with Gasteiger partial charge in [-0.3, -0.25) is 4.79 Å². The molecule has 0 fully saturated rings. The van der Waals surface area contributed by atoms with Gasteiger partial charge in [-0.1, -0.05) is 0 Å². The van der Waals surface area contributed by atoms with E-state index < -0.39 is 0 Å². The summed E-state index contributed by atoms with van der Waals surface area (Å²) < 4.78 is 14.4. The number of carbonyl (C=O) groups excluding carboxylic acids is 1. The SMILES string of the molecule is COCCCOCCC(=O)OC. The van der Waals surface area contributed by atoms with Crippen molar-refractivity contribution in [1.29, 1.82) is 0 Å². The van der Waals surface area contributed by atoms with Crippen molar-refractivity contribution in [3.8, 4) is 0 Å². The summed E-state index contributed by atoms with van der Waals surface area (Å²) in [4.78, 5) is 10.6. The highest BCUT2D eigenvalue weighted by Crippen LogP contribution is 1.88. The monoisotopic (exact) mass is 176 g/mol. The summed E-state index contributed by atoms with van der Waals surface area (Å²) in [7, 11) is 3.02. The first-order valence-corrected chi connectivity index (χ1v) is 3.94. The zero-order chi connectivity index (χ0) is 9.23. The fourth-order valence-corrected chi connectivity index (χ4v) is 0.665. The standard InChI is InChI=1S/C8H16O4/c1-10-5-3-6-12-7-4-8(9)11-2/h3-7H2,1-2H3. The van der Waals surface area contributed by atoms with Gasteiger partial charge in [-0.05, 0) is 6.42 Å². The van der Waals surface area contributed by atoms with Crippen molar-refractivity contribution in [3.63, 3.8) is 0 Å². The van der Waals surface area contributed by atoms with Gasteiger partial charge in [0.25, 0.3) is 0 Å². The van der Waals surface area contributed by atoms with E-state index >= 15 is 0 Å². The second-order valence-electron chi connectivity index (χ2n) is 2.28. The molecule has 0 aromatic heterocycles. The molecule has 0 rings (SSSR count). The minimum Gasteiger partial charge on any atom is -0.469 e. The maximum absolute atomic E-state index is 10.6. The molecule has 0 saturated carbocycles. The predicted molar refractivity (Wildman–Crippen MR) is 43.9 cm³/mol. The molecule has 4 nitrogen and oxygen atoms in total. The van der Waals surface area contributed by atoms with Crippen molar-refractivity contribution in [2.45, 2.75) is 12.8 Å². The summed E-state index contributed by atoms with van der Waals surface area (Å²) in [5.41, 5.74) is 0. The van der Waals surface area contributed by atoms with Crippen LogP contribution in [0.4, 0.5) is 0 Å². The van der Waals surface area contributed by atoms with Crippen LogP contribution in [0.5, 0.6) is 0 Å². The van der Waals surface area contributed by atoms with Crippen molar-refractivity contribution in [3.05, 3.63) is 0 Å². The van der Waals surface area contributed by atoms with Crippen LogP contribution in [0, 0.1) is 0 Å². The maximum atomic E-state index is 10.6. The van der Waals surface area contributed by atoms with Gasteiger partial charge < -0.3 is 14.2 Å². The summed E-state index contributed by atoms with van der Waals surface area (Å²) in [5, 5.41) is 0. The van der Waals surface area contributed by atoms with Crippen molar-refractivity contribution in [2.24, 2.45) is 0 Å². The third-order valence-corrected chi connectivity index (χ3v) is 1.32. The number of rotatable bonds is 7. The molecular formula is C8H16O4. The number of carbonyl (C=O) groups is 1. The zero-order valence-electron chi connectivity index (χ0n) is 7.67. The smallest absolute Gasteiger partial charge is 0.307 e. The summed E-state index contributed by atoms with van der Waals surface area (Å²) in [6, 6.07) is 0. The average Bonchev–Trinajstić information content (AvgIpc) is 2.10. The number of methoxy groups -OCH3 is 2. The molecule has 0 bridgehead atoms. The summed E-state index contributed by atoms with van der Waals surface area (Å²) >= 11 is 0. The lowest BCUT2D eigenvalue weighted by Gasteiger charge is -2.02. The van der Waals surface area contributed by atoms with Crippen LogP contribution in [-0.4, -0.2) is 40.0 Å². The molecule has 0 aliphatic heterocycles. The Balaban J connectivity index is 2.95. The minimum atomic E-state index is -0.234. The third kappa shape index (κ3) is 7.50. The lowest BCUT2D eigenvalue weighted by atomic mass is 10.4. The molecular weight excluding hydrogens is 160 g/mol. The minimum absolute atomic E-state index is 0.234. The molecule has 0 heterocycles. The zero-order valence-corrected chi connectivity index (χ0v) is 7.67. The second kappa shape index (κ2) is 8.49. The second-order valence-corrected chi connectivity index (χ2v) is 2.28. The van der Waals surface area contributed by atoms with Gasteiger partial charge in [-0.2, -0.15) is 0 Å². The van der Waals surface area contributed by atoms with Crippen molar-refractivity contribution < 1.29 is 19.0 Å². The molecule has 0 aromatic rings. The van der Waals surface area contributed by atoms with E-state index in [4.69, 9.17) is 9.47 Å². The summed E-state index contributed by atoms with van der Waals surface area (Å²) in [5.74, 6) is -0.234. The molecule has 0 N–H and O–H groups in total. The van der Waals surface area contributed by atoms with Crippen LogP contribution in [0.3, 0.4) is 0 Å². The molecule has 12 heavy (non-hydrogen) atoms. The Kier molecular flexibility index (Phi) is 8.05. The number of ether oxygens (including phenoxy) is 3. The van der Waals surface area contributed by atoms with Gasteiger partial charge in [-0.25, -0.2) is 0 Å². The van der Waals surface area contributed by atoms with Crippen molar-refractivity contribution >= 4 is 5.97 Å². The van der Waals surface area contributed by atoms with E-state index in [2.05, 4.69) is 4.74 Å². The average molecular weight is 176 g/mol. The van der Waals surface area contributed by atoms with Gasteiger partial charge in [0, 0.05) is 20.3 Å². The number of hydrogen-bond acceptors (Lipinski definition) is 4. The molecule has 0 amide bonds. The fourth-order valence-electron chi connectivity index (χ4n) is 0.665. The summed E-state index contributed by atoms with van der Waals surface area (Å²) in [6.07, 6.45) is 1.18. The molecule has 0 atom stereocenters. The van der Waals surface area contributed by atoms with Gasteiger partial charge in [0.1, 0.15) is 0 Å². The van der Waals surface area contributed by atoms with Crippen LogP contribution in [-0.2, 0) is 19.0 Å². The largest absolute Gasteiger partial charge is 0.469 e. The van der Waals surface area contributed by atoms with E-state index in [1.165, 1.54) is 7.11 Å². The molecule has 72 valence electrons. The highest BCUT2D eigenvalue weighted by atomic mass is 16.5. The van der Waals surface area contributed by atoms with E-state index in [1.54, 1.807) is 7.11 Å². The first kappa shape index (κ1) is 11.4. The topological polar surface area (TPSA) is 44.8 Å². The highest BCUT2D eigenvalue weighted by Gasteiger charge is 1.98. The lowest BCUT2D eigenvalue weighted by molar-refractivity contribution is -0.141. The molecule has 0 aromatic carbocycles. The Labute approximate surface area is 72.8 Å². The van der Waals surface area contributed by atoms with Gasteiger partial charge in [-0.15, -0.1) is 0 Å². The molecule has 0 spiro atoms. The quantitative estimate of drug-likeness (QED) is 0.421. The Morgan fingerprint density at radius 2 is 1.92 bits per heavy atom. The van der Waals surface area contributed by atoms with Crippen molar-refractivity contribution in [2.75, 3.05) is 34.0 Å². The van der Waals surface area contributed by atoms with Crippen LogP contribution in [0.25, 0.3) is 0 Å². The van der Waals surface area contributed by atoms with E-state index in [0.29, 0.717) is 26.2 Å². The fraction of sp³-hybridized carbons (Fsp3) is 0.875. The summed E-state index contributed by atoms with van der Waals surface area (Å²) in [6.45, 7) is 1.75. The molecule has 0 aliphatic carbocycles. The van der Waals surface area contributed by atoms with Crippen LogP contribution in [0.1, 0.15) is 12.8 Å². The van der Waals surface area contributed by atoms with Crippen LogP contribution >= 0.6 is 0 Å². The Bertz CT molecular complexity index is 114. The first-order valence-electron chi connectivity index (χ1n) is 3.94. The normalized spacial score (nSPS) is 9.83. The van der Waals surface area contributed by atoms with E-state index in [-0.39, 0.29) is 5.97 Å². The Hall–Kier alpha value is -0.610. The number of esters is 1. The van der Waals surface area contributed by atoms with Gasteiger partial charge in [0.2, 0.25) is 0 Å². The molecule has 0 saturated heterocycles.